The fourth-order valence-electron chi connectivity index (χ4n) is 2.53. The Kier molecular flexibility index (Phi) is 5.26. The summed E-state index contributed by atoms with van der Waals surface area (Å²) in [5, 5.41) is 3.25. The second-order valence-electron chi connectivity index (χ2n) is 5.03. The van der Waals surface area contributed by atoms with Gasteiger partial charge in [-0.2, -0.15) is 0 Å². The highest BCUT2D eigenvalue weighted by atomic mass is 16.6. The predicted molar refractivity (Wildman–Crippen MR) is 64.8 cm³/mol. The zero-order valence-electron chi connectivity index (χ0n) is 10.5. The van der Waals surface area contributed by atoms with Gasteiger partial charge in [0, 0.05) is 12.6 Å². The Hall–Kier alpha value is -0.610. The molecule has 1 aliphatic carbocycles. The first-order chi connectivity index (χ1) is 8.34. The lowest BCUT2D eigenvalue weighted by Crippen LogP contribution is -2.34. The molecular formula is C13H23NO3. The number of hydrogen-bond acceptors (Lipinski definition) is 4. The van der Waals surface area contributed by atoms with E-state index in [1.807, 2.05) is 0 Å². The first-order valence-electron chi connectivity index (χ1n) is 6.85. The van der Waals surface area contributed by atoms with Gasteiger partial charge in [-0.1, -0.05) is 12.8 Å². The predicted octanol–water partition coefficient (Wildman–Crippen LogP) is 1.63. The van der Waals surface area contributed by atoms with Gasteiger partial charge in [0.15, 0.2) is 0 Å². The Bertz CT molecular complexity index is 233. The first-order valence-corrected chi connectivity index (χ1v) is 6.85. The zero-order chi connectivity index (χ0) is 11.9. The van der Waals surface area contributed by atoms with Crippen LogP contribution in [0, 0.1) is 0 Å². The van der Waals surface area contributed by atoms with Gasteiger partial charge in [-0.15, -0.1) is 0 Å². The molecule has 1 saturated heterocycles. The number of carbonyl (C=O) groups excluding carboxylic acids is 1. The maximum atomic E-state index is 11.5. The summed E-state index contributed by atoms with van der Waals surface area (Å²) in [6.45, 7) is 1.57. The smallest absolute Gasteiger partial charge is 0.320 e. The Morgan fingerprint density at radius 2 is 1.94 bits per heavy atom. The summed E-state index contributed by atoms with van der Waals surface area (Å²) in [6.07, 6.45) is 8.40. The second-order valence-corrected chi connectivity index (χ2v) is 5.03. The maximum Gasteiger partial charge on any atom is 0.320 e. The molecule has 1 aliphatic heterocycles. The van der Waals surface area contributed by atoms with Crippen LogP contribution in [0.25, 0.3) is 0 Å². The van der Waals surface area contributed by atoms with Crippen LogP contribution in [-0.4, -0.2) is 37.9 Å². The molecule has 1 unspecified atom stereocenters. The Morgan fingerprint density at radius 3 is 2.65 bits per heavy atom. The molecular weight excluding hydrogens is 218 g/mol. The molecule has 0 aromatic heterocycles. The number of carbonyl (C=O) groups is 1. The molecule has 1 N–H and O–H groups in total. The largest absolute Gasteiger partial charge is 0.462 e. The van der Waals surface area contributed by atoms with Gasteiger partial charge in [-0.25, -0.2) is 0 Å². The van der Waals surface area contributed by atoms with Crippen molar-refractivity contribution in [2.75, 3.05) is 19.8 Å². The van der Waals surface area contributed by atoms with Crippen LogP contribution in [0.4, 0.5) is 0 Å². The molecule has 1 saturated carbocycles. The quantitative estimate of drug-likeness (QED) is 0.743. The van der Waals surface area contributed by atoms with E-state index in [0.717, 1.165) is 19.4 Å². The van der Waals surface area contributed by atoms with E-state index < -0.39 is 0 Å². The molecule has 0 radical (unpaired) electrons. The monoisotopic (exact) mass is 241 g/mol. The van der Waals surface area contributed by atoms with Crippen molar-refractivity contribution < 1.29 is 14.3 Å². The third-order valence-electron chi connectivity index (χ3n) is 3.59. The molecule has 0 aromatic carbocycles. The van der Waals surface area contributed by atoms with Gasteiger partial charge in [0.2, 0.25) is 0 Å². The minimum Gasteiger partial charge on any atom is -0.462 e. The van der Waals surface area contributed by atoms with E-state index in [0.29, 0.717) is 19.2 Å². The van der Waals surface area contributed by atoms with Crippen molar-refractivity contribution in [3.05, 3.63) is 0 Å². The van der Waals surface area contributed by atoms with E-state index in [1.165, 1.54) is 32.1 Å². The molecule has 4 heteroatoms. The van der Waals surface area contributed by atoms with Gasteiger partial charge in [0.05, 0.1) is 12.6 Å². The SMILES string of the molecule is O=C(CNC1CCCC1)OCC1CCCCO1. The normalized spacial score (nSPS) is 26.0. The van der Waals surface area contributed by atoms with Crippen LogP contribution >= 0.6 is 0 Å². The summed E-state index contributed by atoms with van der Waals surface area (Å²) < 4.78 is 10.7. The van der Waals surface area contributed by atoms with Gasteiger partial charge in [0.25, 0.3) is 0 Å². The number of rotatable bonds is 5. The third-order valence-corrected chi connectivity index (χ3v) is 3.59. The second kappa shape index (κ2) is 6.97. The molecule has 1 heterocycles. The number of hydrogen-bond donors (Lipinski definition) is 1. The Labute approximate surface area is 103 Å². The average Bonchev–Trinajstić information content (AvgIpc) is 2.88. The topological polar surface area (TPSA) is 47.6 Å². The van der Waals surface area contributed by atoms with Crippen LogP contribution in [0.5, 0.6) is 0 Å². The van der Waals surface area contributed by atoms with Crippen molar-refractivity contribution in [3.63, 3.8) is 0 Å². The van der Waals surface area contributed by atoms with Gasteiger partial charge in [0.1, 0.15) is 6.61 Å². The van der Waals surface area contributed by atoms with Gasteiger partial charge in [-0.3, -0.25) is 4.79 Å². The first kappa shape index (κ1) is 12.8. The van der Waals surface area contributed by atoms with E-state index in [4.69, 9.17) is 9.47 Å². The number of ether oxygens (including phenoxy) is 2. The molecule has 0 aromatic rings. The van der Waals surface area contributed by atoms with Crippen LogP contribution in [0.2, 0.25) is 0 Å². The molecule has 98 valence electrons. The molecule has 2 fully saturated rings. The Balaban J connectivity index is 1.53. The minimum absolute atomic E-state index is 0.124. The molecule has 2 aliphatic rings. The molecule has 0 amide bonds. The molecule has 1 atom stereocenters. The van der Waals surface area contributed by atoms with Crippen LogP contribution in [0.3, 0.4) is 0 Å². The standard InChI is InChI=1S/C13H23NO3/c15-13(9-14-11-5-1-2-6-11)17-10-12-7-3-4-8-16-12/h11-12,14H,1-10H2. The summed E-state index contributed by atoms with van der Waals surface area (Å²) in [7, 11) is 0. The Morgan fingerprint density at radius 1 is 1.18 bits per heavy atom. The summed E-state index contributed by atoms with van der Waals surface area (Å²) in [6, 6.07) is 0.522. The van der Waals surface area contributed by atoms with E-state index >= 15 is 0 Å². The summed E-state index contributed by atoms with van der Waals surface area (Å²) in [5.74, 6) is -0.147. The van der Waals surface area contributed by atoms with Crippen molar-refractivity contribution in [2.24, 2.45) is 0 Å². The molecule has 17 heavy (non-hydrogen) atoms. The van der Waals surface area contributed by atoms with E-state index in [1.54, 1.807) is 0 Å². The van der Waals surface area contributed by atoms with Crippen molar-refractivity contribution in [1.29, 1.82) is 0 Å². The molecule has 2 rings (SSSR count). The van der Waals surface area contributed by atoms with Gasteiger partial charge in [-0.05, 0) is 32.1 Å². The number of nitrogens with one attached hydrogen (secondary N) is 1. The van der Waals surface area contributed by atoms with Crippen LogP contribution in [0.15, 0.2) is 0 Å². The lowest BCUT2D eigenvalue weighted by atomic mass is 10.1. The summed E-state index contributed by atoms with van der Waals surface area (Å²) in [4.78, 5) is 11.5. The molecule has 0 bridgehead atoms. The van der Waals surface area contributed by atoms with Crippen molar-refractivity contribution in [1.82, 2.24) is 5.32 Å². The van der Waals surface area contributed by atoms with E-state index in [-0.39, 0.29) is 12.1 Å². The summed E-state index contributed by atoms with van der Waals surface area (Å²) >= 11 is 0. The summed E-state index contributed by atoms with van der Waals surface area (Å²) in [5.41, 5.74) is 0. The van der Waals surface area contributed by atoms with Gasteiger partial charge < -0.3 is 14.8 Å². The third kappa shape index (κ3) is 4.64. The average molecular weight is 241 g/mol. The van der Waals surface area contributed by atoms with E-state index in [2.05, 4.69) is 5.32 Å². The highest BCUT2D eigenvalue weighted by Crippen LogP contribution is 2.17. The van der Waals surface area contributed by atoms with Crippen molar-refractivity contribution in [2.45, 2.75) is 57.1 Å². The fourth-order valence-corrected chi connectivity index (χ4v) is 2.53. The zero-order valence-corrected chi connectivity index (χ0v) is 10.5. The lowest BCUT2D eigenvalue weighted by Gasteiger charge is -2.22. The van der Waals surface area contributed by atoms with Crippen molar-refractivity contribution in [3.8, 4) is 0 Å². The highest BCUT2D eigenvalue weighted by molar-refractivity contribution is 5.71. The van der Waals surface area contributed by atoms with E-state index in [9.17, 15) is 4.79 Å². The van der Waals surface area contributed by atoms with Crippen molar-refractivity contribution >= 4 is 5.97 Å². The number of esters is 1. The van der Waals surface area contributed by atoms with Crippen LogP contribution < -0.4 is 5.32 Å². The fraction of sp³-hybridized carbons (Fsp3) is 0.923. The minimum atomic E-state index is -0.147. The molecule has 4 nitrogen and oxygen atoms in total. The maximum absolute atomic E-state index is 11.5. The molecule has 0 spiro atoms. The van der Waals surface area contributed by atoms with Gasteiger partial charge >= 0.3 is 5.97 Å². The lowest BCUT2D eigenvalue weighted by molar-refractivity contribution is -0.148. The van der Waals surface area contributed by atoms with Crippen LogP contribution in [-0.2, 0) is 14.3 Å². The van der Waals surface area contributed by atoms with Crippen LogP contribution in [0.1, 0.15) is 44.9 Å². The highest BCUT2D eigenvalue weighted by Gasteiger charge is 2.18.